The Labute approximate surface area is 107 Å². The van der Waals surface area contributed by atoms with Gasteiger partial charge in [-0.1, -0.05) is 6.42 Å². The van der Waals surface area contributed by atoms with Crippen LogP contribution >= 0.6 is 0 Å². The number of carbonyl (C=O) groups excluding carboxylic acids is 1. The Kier molecular flexibility index (Phi) is 3.73. The molecule has 0 saturated heterocycles. The molecule has 0 bridgehead atoms. The molecular formula is C12H12F2N2O3. The highest BCUT2D eigenvalue weighted by Crippen LogP contribution is 2.26. The Morgan fingerprint density at radius 1 is 1.37 bits per heavy atom. The molecule has 1 amide bonds. The number of aromatic nitrogens is 1. The molecule has 1 aromatic heterocycles. The third-order valence-electron chi connectivity index (χ3n) is 3.24. The molecule has 1 heterocycles. The second-order valence-electron chi connectivity index (χ2n) is 4.42. The van der Waals surface area contributed by atoms with Crippen LogP contribution in [0.1, 0.15) is 29.6 Å². The maximum absolute atomic E-state index is 13.4. The van der Waals surface area contributed by atoms with E-state index < -0.39 is 41.2 Å². The van der Waals surface area contributed by atoms with E-state index in [-0.39, 0.29) is 0 Å². The molecule has 0 aromatic carbocycles. The van der Waals surface area contributed by atoms with Crippen LogP contribution in [0.25, 0.3) is 0 Å². The zero-order valence-electron chi connectivity index (χ0n) is 9.90. The van der Waals surface area contributed by atoms with Crippen LogP contribution < -0.4 is 5.32 Å². The van der Waals surface area contributed by atoms with Gasteiger partial charge in [0.25, 0.3) is 5.91 Å². The summed E-state index contributed by atoms with van der Waals surface area (Å²) in [7, 11) is 0. The Morgan fingerprint density at radius 3 is 2.79 bits per heavy atom. The monoisotopic (exact) mass is 270 g/mol. The molecule has 2 rings (SSSR count). The summed E-state index contributed by atoms with van der Waals surface area (Å²) in [5, 5.41) is 11.4. The molecule has 1 aliphatic carbocycles. The van der Waals surface area contributed by atoms with Gasteiger partial charge in [-0.15, -0.1) is 0 Å². The number of carboxylic acid groups (broad SMARTS) is 1. The highest BCUT2D eigenvalue weighted by atomic mass is 19.2. The SMILES string of the molecule is O=C(NC1CCCC1C(=O)O)c1ccnc(F)c1F. The first-order chi connectivity index (χ1) is 9.00. The van der Waals surface area contributed by atoms with Crippen molar-refractivity contribution in [2.45, 2.75) is 25.3 Å². The van der Waals surface area contributed by atoms with Gasteiger partial charge >= 0.3 is 5.97 Å². The Hall–Kier alpha value is -2.05. The summed E-state index contributed by atoms with van der Waals surface area (Å²) in [6.07, 6.45) is 2.64. The van der Waals surface area contributed by atoms with Gasteiger partial charge in [0.15, 0.2) is 5.82 Å². The van der Waals surface area contributed by atoms with E-state index in [2.05, 4.69) is 10.3 Å². The number of carboxylic acids is 1. The van der Waals surface area contributed by atoms with Gasteiger partial charge in [-0.2, -0.15) is 4.39 Å². The highest BCUT2D eigenvalue weighted by Gasteiger charge is 2.34. The van der Waals surface area contributed by atoms with Crippen molar-refractivity contribution in [1.29, 1.82) is 0 Å². The van der Waals surface area contributed by atoms with Gasteiger partial charge in [0.05, 0.1) is 11.5 Å². The minimum atomic E-state index is -1.35. The molecular weight excluding hydrogens is 258 g/mol. The number of aliphatic carboxylic acids is 1. The fourth-order valence-corrected chi connectivity index (χ4v) is 2.27. The molecule has 5 nitrogen and oxygen atoms in total. The maximum atomic E-state index is 13.4. The zero-order valence-corrected chi connectivity index (χ0v) is 9.90. The topological polar surface area (TPSA) is 79.3 Å². The number of carbonyl (C=O) groups is 2. The Morgan fingerprint density at radius 2 is 2.11 bits per heavy atom. The molecule has 2 atom stereocenters. The summed E-state index contributed by atoms with van der Waals surface area (Å²) >= 11 is 0. The van der Waals surface area contributed by atoms with Gasteiger partial charge in [0.2, 0.25) is 5.95 Å². The van der Waals surface area contributed by atoms with Gasteiger partial charge < -0.3 is 10.4 Å². The van der Waals surface area contributed by atoms with Crippen LogP contribution in [0.2, 0.25) is 0 Å². The summed E-state index contributed by atoms with van der Waals surface area (Å²) in [5.41, 5.74) is -0.469. The first kappa shape index (κ1) is 13.4. The number of hydrogen-bond acceptors (Lipinski definition) is 3. The zero-order chi connectivity index (χ0) is 14.0. The first-order valence-corrected chi connectivity index (χ1v) is 5.84. The van der Waals surface area contributed by atoms with E-state index >= 15 is 0 Å². The summed E-state index contributed by atoms with van der Waals surface area (Å²) < 4.78 is 26.3. The van der Waals surface area contributed by atoms with Gasteiger partial charge in [0.1, 0.15) is 0 Å². The summed E-state index contributed by atoms with van der Waals surface area (Å²) in [6.45, 7) is 0. The van der Waals surface area contributed by atoms with Gasteiger partial charge in [0, 0.05) is 12.2 Å². The lowest BCUT2D eigenvalue weighted by Crippen LogP contribution is -2.40. The summed E-state index contributed by atoms with van der Waals surface area (Å²) in [6, 6.07) is 0.499. The van der Waals surface area contributed by atoms with Crippen molar-refractivity contribution >= 4 is 11.9 Å². The lowest BCUT2D eigenvalue weighted by molar-refractivity contribution is -0.142. The van der Waals surface area contributed by atoms with Gasteiger partial charge in [-0.3, -0.25) is 9.59 Å². The molecule has 1 fully saturated rings. The normalized spacial score (nSPS) is 22.2. The third-order valence-corrected chi connectivity index (χ3v) is 3.24. The number of nitrogens with one attached hydrogen (secondary N) is 1. The Bertz CT molecular complexity index is 522. The maximum Gasteiger partial charge on any atom is 0.308 e. The largest absolute Gasteiger partial charge is 0.481 e. The van der Waals surface area contributed by atoms with E-state index in [9.17, 15) is 18.4 Å². The number of halogens is 2. The first-order valence-electron chi connectivity index (χ1n) is 5.84. The van der Waals surface area contributed by atoms with Crippen LogP contribution in [0.3, 0.4) is 0 Å². The second kappa shape index (κ2) is 5.29. The third kappa shape index (κ3) is 2.69. The molecule has 2 unspecified atom stereocenters. The molecule has 0 spiro atoms. The van der Waals surface area contributed by atoms with Crippen LogP contribution in [-0.2, 0) is 4.79 Å². The lowest BCUT2D eigenvalue weighted by Gasteiger charge is -2.17. The van der Waals surface area contributed by atoms with E-state index in [1.54, 1.807) is 0 Å². The highest BCUT2D eigenvalue weighted by molar-refractivity contribution is 5.94. The van der Waals surface area contributed by atoms with E-state index in [1.165, 1.54) is 0 Å². The standard InChI is InChI=1S/C12H12F2N2O3/c13-9-7(4-5-15-10(9)14)11(17)16-8-3-1-2-6(8)12(18)19/h4-6,8H,1-3H2,(H,16,17)(H,18,19). The van der Waals surface area contributed by atoms with E-state index in [4.69, 9.17) is 5.11 Å². The number of hydrogen-bond donors (Lipinski definition) is 2. The summed E-state index contributed by atoms with van der Waals surface area (Å²) in [4.78, 5) is 25.8. The van der Waals surface area contributed by atoms with Crippen molar-refractivity contribution in [2.24, 2.45) is 5.92 Å². The van der Waals surface area contributed by atoms with E-state index in [1.807, 2.05) is 0 Å². The van der Waals surface area contributed by atoms with Crippen molar-refractivity contribution in [3.8, 4) is 0 Å². The molecule has 19 heavy (non-hydrogen) atoms. The number of nitrogens with zero attached hydrogens (tertiary/aromatic N) is 1. The van der Waals surface area contributed by atoms with Crippen LogP contribution in [-0.4, -0.2) is 28.0 Å². The van der Waals surface area contributed by atoms with Gasteiger partial charge in [-0.25, -0.2) is 9.37 Å². The molecule has 1 aliphatic rings. The lowest BCUT2D eigenvalue weighted by atomic mass is 10.0. The smallest absolute Gasteiger partial charge is 0.308 e. The Balaban J connectivity index is 2.13. The van der Waals surface area contributed by atoms with Crippen LogP contribution in [0.15, 0.2) is 12.3 Å². The van der Waals surface area contributed by atoms with Gasteiger partial charge in [-0.05, 0) is 18.9 Å². The minimum Gasteiger partial charge on any atom is -0.481 e. The average molecular weight is 270 g/mol. The van der Waals surface area contributed by atoms with E-state index in [0.29, 0.717) is 19.3 Å². The van der Waals surface area contributed by atoms with Crippen LogP contribution in [0, 0.1) is 17.7 Å². The molecule has 7 heteroatoms. The van der Waals surface area contributed by atoms with E-state index in [0.717, 1.165) is 12.3 Å². The number of rotatable bonds is 3. The summed E-state index contributed by atoms with van der Waals surface area (Å²) in [5.74, 6) is -5.18. The predicted octanol–water partition coefficient (Wildman–Crippen LogP) is 1.34. The number of amides is 1. The predicted molar refractivity (Wildman–Crippen MR) is 60.4 cm³/mol. The molecule has 0 radical (unpaired) electrons. The quantitative estimate of drug-likeness (QED) is 0.812. The molecule has 0 aliphatic heterocycles. The molecule has 2 N–H and O–H groups in total. The van der Waals surface area contributed by atoms with Crippen molar-refractivity contribution in [2.75, 3.05) is 0 Å². The number of pyridine rings is 1. The molecule has 1 saturated carbocycles. The van der Waals surface area contributed by atoms with Crippen LogP contribution in [0.5, 0.6) is 0 Å². The van der Waals surface area contributed by atoms with Crippen molar-refractivity contribution in [3.05, 3.63) is 29.6 Å². The fraction of sp³-hybridized carbons (Fsp3) is 0.417. The average Bonchev–Trinajstić information content (AvgIpc) is 2.80. The molecule has 102 valence electrons. The van der Waals surface area contributed by atoms with Crippen LogP contribution in [0.4, 0.5) is 8.78 Å². The van der Waals surface area contributed by atoms with Crippen molar-refractivity contribution < 1.29 is 23.5 Å². The van der Waals surface area contributed by atoms with Crippen molar-refractivity contribution in [3.63, 3.8) is 0 Å². The fourth-order valence-electron chi connectivity index (χ4n) is 2.27. The minimum absolute atomic E-state index is 0.466. The second-order valence-corrected chi connectivity index (χ2v) is 4.42. The molecule has 1 aromatic rings. The van der Waals surface area contributed by atoms with Crippen molar-refractivity contribution in [1.82, 2.24) is 10.3 Å².